The number of likely N-dealkylation sites (tertiary alicyclic amines) is 1. The molecule has 1 aliphatic heterocycles. The monoisotopic (exact) mass is 266 g/mol. The molecule has 1 atom stereocenters. The van der Waals surface area contributed by atoms with Gasteiger partial charge in [-0.15, -0.1) is 0 Å². The van der Waals surface area contributed by atoms with E-state index in [0.717, 1.165) is 12.8 Å². The molecular weight excluding hydrogens is 244 g/mol. The average molecular weight is 266 g/mol. The molecule has 2 rings (SSSR count). The maximum atomic E-state index is 12.5. The Morgan fingerprint density at radius 3 is 2.74 bits per heavy atom. The van der Waals surface area contributed by atoms with Gasteiger partial charge in [-0.05, 0) is 32.6 Å². The lowest BCUT2D eigenvalue weighted by atomic mass is 9.92. The van der Waals surface area contributed by atoms with Crippen LogP contribution in [-0.2, 0) is 6.54 Å². The van der Waals surface area contributed by atoms with Crippen molar-refractivity contribution >= 4 is 11.6 Å². The van der Waals surface area contributed by atoms with Crippen LogP contribution in [0.5, 0.6) is 0 Å². The molecule has 1 aromatic heterocycles. The van der Waals surface area contributed by atoms with E-state index in [9.17, 15) is 9.90 Å². The Bertz CT molecular complexity index is 447. The van der Waals surface area contributed by atoms with Crippen molar-refractivity contribution in [2.45, 2.75) is 39.3 Å². The minimum Gasteiger partial charge on any atom is -0.396 e. The van der Waals surface area contributed by atoms with Gasteiger partial charge < -0.3 is 15.7 Å². The maximum Gasteiger partial charge on any atom is 0.274 e. The number of carbonyl (C=O) groups is 1. The molecule has 1 aliphatic rings. The zero-order valence-electron chi connectivity index (χ0n) is 11.5. The summed E-state index contributed by atoms with van der Waals surface area (Å²) in [5.41, 5.74) is 6.75. The summed E-state index contributed by atoms with van der Waals surface area (Å²) in [4.78, 5) is 14.3. The van der Waals surface area contributed by atoms with Crippen LogP contribution in [0.25, 0.3) is 0 Å². The Hall–Kier alpha value is -1.56. The van der Waals surface area contributed by atoms with Gasteiger partial charge in [-0.25, -0.2) is 0 Å². The van der Waals surface area contributed by atoms with E-state index in [-0.39, 0.29) is 17.9 Å². The number of hydrogen-bond acceptors (Lipinski definition) is 4. The SMILES string of the molecule is CCn1ncc(N)c1C(=O)N1CCC(C(C)O)CC1. The lowest BCUT2D eigenvalue weighted by Gasteiger charge is -2.33. The van der Waals surface area contributed by atoms with Crippen molar-refractivity contribution in [1.29, 1.82) is 0 Å². The number of hydrogen-bond donors (Lipinski definition) is 2. The number of anilines is 1. The fourth-order valence-corrected chi connectivity index (χ4v) is 2.61. The molecule has 1 amide bonds. The molecule has 0 bridgehead atoms. The average Bonchev–Trinajstić information content (AvgIpc) is 2.79. The number of aryl methyl sites for hydroxylation is 1. The number of nitrogens with two attached hydrogens (primary N) is 1. The topological polar surface area (TPSA) is 84.4 Å². The standard InChI is InChI=1S/C13H22N4O2/c1-3-17-12(11(14)8-15-17)13(19)16-6-4-10(5-7-16)9(2)18/h8-10,18H,3-7,14H2,1-2H3. The summed E-state index contributed by atoms with van der Waals surface area (Å²) in [6, 6.07) is 0. The number of aromatic nitrogens is 2. The molecular formula is C13H22N4O2. The second-order valence-electron chi connectivity index (χ2n) is 5.13. The third kappa shape index (κ3) is 2.73. The zero-order chi connectivity index (χ0) is 14.0. The normalized spacial score (nSPS) is 18.6. The molecule has 1 fully saturated rings. The Labute approximate surface area is 113 Å². The van der Waals surface area contributed by atoms with Gasteiger partial charge in [0.25, 0.3) is 5.91 Å². The van der Waals surface area contributed by atoms with Crippen LogP contribution in [0.1, 0.15) is 37.2 Å². The fourth-order valence-electron chi connectivity index (χ4n) is 2.61. The molecule has 106 valence electrons. The van der Waals surface area contributed by atoms with Gasteiger partial charge in [-0.3, -0.25) is 9.48 Å². The lowest BCUT2D eigenvalue weighted by Crippen LogP contribution is -2.41. The van der Waals surface area contributed by atoms with Crippen LogP contribution in [0, 0.1) is 5.92 Å². The first kappa shape index (κ1) is 13.9. The summed E-state index contributed by atoms with van der Waals surface area (Å²) in [5, 5.41) is 13.7. The van der Waals surface area contributed by atoms with Gasteiger partial charge in [0, 0.05) is 19.6 Å². The van der Waals surface area contributed by atoms with Crippen molar-refractivity contribution in [3.8, 4) is 0 Å². The van der Waals surface area contributed by atoms with Gasteiger partial charge in [-0.2, -0.15) is 5.10 Å². The molecule has 0 spiro atoms. The Balaban J connectivity index is 2.07. The number of nitrogens with zero attached hydrogens (tertiary/aromatic N) is 3. The van der Waals surface area contributed by atoms with Gasteiger partial charge in [-0.1, -0.05) is 0 Å². The molecule has 1 saturated heterocycles. The first-order valence-corrected chi connectivity index (χ1v) is 6.83. The predicted molar refractivity (Wildman–Crippen MR) is 72.6 cm³/mol. The first-order chi connectivity index (χ1) is 9.04. The molecule has 19 heavy (non-hydrogen) atoms. The lowest BCUT2D eigenvalue weighted by molar-refractivity contribution is 0.0513. The van der Waals surface area contributed by atoms with E-state index in [1.54, 1.807) is 9.58 Å². The van der Waals surface area contributed by atoms with Gasteiger partial charge in [0.05, 0.1) is 18.0 Å². The molecule has 6 nitrogen and oxygen atoms in total. The van der Waals surface area contributed by atoms with E-state index < -0.39 is 0 Å². The number of piperidine rings is 1. The number of nitrogen functional groups attached to an aromatic ring is 1. The summed E-state index contributed by atoms with van der Waals surface area (Å²) < 4.78 is 1.64. The molecule has 0 saturated carbocycles. The van der Waals surface area contributed by atoms with E-state index in [4.69, 9.17) is 5.73 Å². The summed E-state index contributed by atoms with van der Waals surface area (Å²) in [6.07, 6.45) is 2.90. The van der Waals surface area contributed by atoms with Crippen molar-refractivity contribution in [1.82, 2.24) is 14.7 Å². The third-order valence-corrected chi connectivity index (χ3v) is 3.88. The highest BCUT2D eigenvalue weighted by Gasteiger charge is 2.28. The van der Waals surface area contributed by atoms with Crippen LogP contribution in [0.15, 0.2) is 6.20 Å². The first-order valence-electron chi connectivity index (χ1n) is 6.83. The minimum absolute atomic E-state index is 0.0547. The number of carbonyl (C=O) groups excluding carboxylic acids is 1. The maximum absolute atomic E-state index is 12.5. The second kappa shape index (κ2) is 5.61. The zero-order valence-corrected chi connectivity index (χ0v) is 11.5. The highest BCUT2D eigenvalue weighted by atomic mass is 16.3. The molecule has 0 aromatic carbocycles. The molecule has 6 heteroatoms. The van der Waals surface area contributed by atoms with E-state index in [2.05, 4.69) is 5.10 Å². The third-order valence-electron chi connectivity index (χ3n) is 3.88. The Kier molecular flexibility index (Phi) is 4.09. The number of aliphatic hydroxyl groups is 1. The van der Waals surface area contributed by atoms with E-state index in [1.165, 1.54) is 6.20 Å². The molecule has 0 aliphatic carbocycles. The molecule has 0 radical (unpaired) electrons. The summed E-state index contributed by atoms with van der Waals surface area (Å²) in [6.45, 7) is 5.71. The van der Waals surface area contributed by atoms with Crippen molar-refractivity contribution in [3.05, 3.63) is 11.9 Å². The largest absolute Gasteiger partial charge is 0.396 e. The van der Waals surface area contributed by atoms with Crippen molar-refractivity contribution in [2.24, 2.45) is 5.92 Å². The number of aliphatic hydroxyl groups excluding tert-OH is 1. The van der Waals surface area contributed by atoms with Crippen LogP contribution in [0.2, 0.25) is 0 Å². The van der Waals surface area contributed by atoms with Crippen molar-refractivity contribution < 1.29 is 9.90 Å². The summed E-state index contributed by atoms with van der Waals surface area (Å²) >= 11 is 0. The van der Waals surface area contributed by atoms with Crippen LogP contribution in [0.4, 0.5) is 5.69 Å². The Morgan fingerprint density at radius 2 is 2.21 bits per heavy atom. The summed E-state index contributed by atoms with van der Waals surface area (Å²) in [7, 11) is 0. The van der Waals surface area contributed by atoms with Crippen LogP contribution in [-0.4, -0.2) is 44.9 Å². The highest BCUT2D eigenvalue weighted by molar-refractivity contribution is 5.97. The van der Waals surface area contributed by atoms with Crippen LogP contribution < -0.4 is 5.73 Å². The summed E-state index contributed by atoms with van der Waals surface area (Å²) in [5.74, 6) is 0.235. The number of rotatable bonds is 3. The van der Waals surface area contributed by atoms with Gasteiger partial charge >= 0.3 is 0 Å². The second-order valence-corrected chi connectivity index (χ2v) is 5.13. The van der Waals surface area contributed by atoms with Crippen LogP contribution >= 0.6 is 0 Å². The molecule has 3 N–H and O–H groups in total. The van der Waals surface area contributed by atoms with Crippen molar-refractivity contribution in [3.63, 3.8) is 0 Å². The molecule has 1 aromatic rings. The van der Waals surface area contributed by atoms with E-state index in [1.807, 2.05) is 13.8 Å². The fraction of sp³-hybridized carbons (Fsp3) is 0.692. The quantitative estimate of drug-likeness (QED) is 0.844. The van der Waals surface area contributed by atoms with Crippen LogP contribution in [0.3, 0.4) is 0 Å². The predicted octanol–water partition coefficient (Wildman–Crippen LogP) is 0.718. The van der Waals surface area contributed by atoms with Gasteiger partial charge in [0.2, 0.25) is 0 Å². The Morgan fingerprint density at radius 1 is 1.58 bits per heavy atom. The number of amides is 1. The van der Waals surface area contributed by atoms with Crippen molar-refractivity contribution in [2.75, 3.05) is 18.8 Å². The van der Waals surface area contributed by atoms with E-state index >= 15 is 0 Å². The molecule has 1 unspecified atom stereocenters. The van der Waals surface area contributed by atoms with Gasteiger partial charge in [0.1, 0.15) is 5.69 Å². The highest BCUT2D eigenvalue weighted by Crippen LogP contribution is 2.23. The van der Waals surface area contributed by atoms with E-state index in [0.29, 0.717) is 31.0 Å². The smallest absolute Gasteiger partial charge is 0.274 e. The molecule has 2 heterocycles. The minimum atomic E-state index is -0.302. The van der Waals surface area contributed by atoms with Gasteiger partial charge in [0.15, 0.2) is 0 Å².